The quantitative estimate of drug-likeness (QED) is 0.106. The highest BCUT2D eigenvalue weighted by molar-refractivity contribution is 6.28. The lowest BCUT2D eigenvalue weighted by atomic mass is 9.98. The fraction of sp³-hybridized carbons (Fsp3) is 0.929. The maximum absolute atomic E-state index is 10.9. The van der Waals surface area contributed by atoms with Crippen LogP contribution < -0.4 is 0 Å². The largest absolute Gasteiger partial charge is 0.378 e. The molecule has 0 N–H and O–H groups in total. The third kappa shape index (κ3) is 17.7. The normalized spacial score (nSPS) is 16.8. The maximum Gasteiger partial charge on any atom is 0.203 e. The highest BCUT2D eigenvalue weighted by Gasteiger charge is 2.18. The molecule has 2 radical (unpaired) electrons. The summed E-state index contributed by atoms with van der Waals surface area (Å²) in [5, 5.41) is -0.260. The van der Waals surface area contributed by atoms with Crippen LogP contribution in [0.1, 0.15) is 135 Å². The third-order valence-electron chi connectivity index (χ3n) is 6.88. The van der Waals surface area contributed by atoms with E-state index in [2.05, 4.69) is 6.42 Å². The van der Waals surface area contributed by atoms with E-state index in [1.165, 1.54) is 122 Å². The molecular weight excluding hydrogens is 439 g/mol. The van der Waals surface area contributed by atoms with Crippen LogP contribution >= 0.6 is 23.2 Å². The minimum absolute atomic E-state index is 0.196. The Labute approximate surface area is 209 Å². The van der Waals surface area contributed by atoms with E-state index in [0.717, 1.165) is 19.4 Å². The van der Waals surface area contributed by atoms with Crippen LogP contribution in [0.15, 0.2) is 0 Å². The molecule has 4 heteroatoms. The average molecular weight is 490 g/mol. The van der Waals surface area contributed by atoms with Crippen molar-refractivity contribution in [3.8, 4) is 0 Å². The van der Waals surface area contributed by atoms with Crippen molar-refractivity contribution in [2.45, 2.75) is 146 Å². The Bertz CT molecular complexity index is 399. The standard InChI is InChI=1S/C28H50Cl2O2/c29-24-28(30)26(25-31)20-16-13-11-9-7-5-3-1-2-4-6-8-10-12-14-19-23-32-27-21-17-15-18-22-27/h15,26-28H,1-14,16-24H2. The van der Waals surface area contributed by atoms with Crippen molar-refractivity contribution in [1.29, 1.82) is 0 Å². The molecule has 0 amide bonds. The molecule has 0 aromatic carbocycles. The van der Waals surface area contributed by atoms with Crippen LogP contribution in [-0.2, 0) is 9.53 Å². The van der Waals surface area contributed by atoms with Crippen molar-refractivity contribution in [3.05, 3.63) is 6.42 Å². The molecule has 32 heavy (non-hydrogen) atoms. The van der Waals surface area contributed by atoms with Crippen LogP contribution in [0, 0.1) is 12.3 Å². The third-order valence-corrected chi connectivity index (χ3v) is 7.83. The predicted octanol–water partition coefficient (Wildman–Crippen LogP) is 9.35. The monoisotopic (exact) mass is 488 g/mol. The minimum atomic E-state index is -0.260. The van der Waals surface area contributed by atoms with E-state index in [1.807, 2.05) is 6.29 Å². The summed E-state index contributed by atoms with van der Waals surface area (Å²) >= 11 is 11.8. The van der Waals surface area contributed by atoms with Crippen molar-refractivity contribution in [1.82, 2.24) is 0 Å². The fourth-order valence-electron chi connectivity index (χ4n) is 4.68. The molecule has 0 aromatic heterocycles. The van der Waals surface area contributed by atoms with E-state index in [-0.39, 0.29) is 11.3 Å². The first-order valence-corrected chi connectivity index (χ1v) is 14.8. The first-order valence-electron chi connectivity index (χ1n) is 13.8. The lowest BCUT2D eigenvalue weighted by molar-refractivity contribution is 0.0326. The summed E-state index contributed by atoms with van der Waals surface area (Å²) in [4.78, 5) is 10.9. The summed E-state index contributed by atoms with van der Waals surface area (Å²) in [6.45, 7) is 0.979. The van der Waals surface area contributed by atoms with Gasteiger partial charge in [-0.3, -0.25) is 4.79 Å². The van der Waals surface area contributed by atoms with E-state index in [1.54, 1.807) is 0 Å². The van der Waals surface area contributed by atoms with Gasteiger partial charge in [-0.25, -0.2) is 0 Å². The van der Waals surface area contributed by atoms with Crippen LogP contribution in [0.2, 0.25) is 0 Å². The van der Waals surface area contributed by atoms with E-state index in [4.69, 9.17) is 27.9 Å². The van der Waals surface area contributed by atoms with Gasteiger partial charge in [0, 0.05) is 18.4 Å². The number of ether oxygens (including phenoxy) is 1. The summed E-state index contributed by atoms with van der Waals surface area (Å²) in [5.41, 5.74) is 0. The van der Waals surface area contributed by atoms with Gasteiger partial charge in [0.05, 0.1) is 11.5 Å². The van der Waals surface area contributed by atoms with Gasteiger partial charge in [-0.1, -0.05) is 96.3 Å². The van der Waals surface area contributed by atoms with Gasteiger partial charge in [0.1, 0.15) is 0 Å². The first-order chi connectivity index (χ1) is 15.8. The average Bonchev–Trinajstić information content (AvgIpc) is 2.83. The molecular formula is C28H50Cl2O2. The molecule has 0 aromatic rings. The van der Waals surface area contributed by atoms with E-state index in [0.29, 0.717) is 12.0 Å². The first kappa shape index (κ1) is 30.2. The molecule has 1 aliphatic rings. The molecule has 0 bridgehead atoms. The van der Waals surface area contributed by atoms with Crippen molar-refractivity contribution >= 4 is 29.5 Å². The van der Waals surface area contributed by atoms with Gasteiger partial charge in [-0.05, 0) is 44.9 Å². The fourth-order valence-corrected chi connectivity index (χ4v) is 5.07. The van der Waals surface area contributed by atoms with Crippen LogP contribution in [-0.4, -0.2) is 30.3 Å². The summed E-state index contributed by atoms with van der Waals surface area (Å²) < 4.78 is 5.99. The Morgan fingerprint density at radius 2 is 1.19 bits per heavy atom. The summed E-state index contributed by atoms with van der Waals surface area (Å²) in [6.07, 6.45) is 32.2. The Kier molecular flexibility index (Phi) is 21.7. The zero-order valence-corrected chi connectivity index (χ0v) is 22.2. The topological polar surface area (TPSA) is 26.3 Å². The molecule has 0 spiro atoms. The summed E-state index contributed by atoms with van der Waals surface area (Å²) in [7, 11) is 0. The second-order valence-electron chi connectivity index (χ2n) is 9.78. The maximum atomic E-state index is 10.9. The van der Waals surface area contributed by atoms with Gasteiger partial charge in [0.2, 0.25) is 6.29 Å². The van der Waals surface area contributed by atoms with E-state index in [9.17, 15) is 4.79 Å². The Morgan fingerprint density at radius 1 is 0.750 bits per heavy atom. The van der Waals surface area contributed by atoms with Gasteiger partial charge in [0.25, 0.3) is 0 Å². The molecule has 1 aliphatic carbocycles. The molecule has 2 atom stereocenters. The second kappa shape index (κ2) is 23.0. The van der Waals surface area contributed by atoms with E-state index >= 15 is 0 Å². The van der Waals surface area contributed by atoms with Crippen LogP contribution in [0.3, 0.4) is 0 Å². The van der Waals surface area contributed by atoms with Gasteiger partial charge >= 0.3 is 0 Å². The van der Waals surface area contributed by atoms with Crippen molar-refractivity contribution in [2.24, 2.45) is 5.92 Å². The molecule has 1 saturated carbocycles. The number of halogens is 2. The number of carbonyl (C=O) groups excluding carboxylic acids is 1. The molecule has 0 aliphatic heterocycles. The Hall–Kier alpha value is 0.210. The molecule has 0 saturated heterocycles. The Morgan fingerprint density at radius 3 is 1.62 bits per heavy atom. The zero-order valence-electron chi connectivity index (χ0n) is 20.6. The van der Waals surface area contributed by atoms with E-state index < -0.39 is 0 Å². The number of hydrogen-bond donors (Lipinski definition) is 0. The zero-order chi connectivity index (χ0) is 23.1. The van der Waals surface area contributed by atoms with Gasteiger partial charge in [0.15, 0.2) is 0 Å². The number of unbranched alkanes of at least 4 members (excludes halogenated alkanes) is 15. The molecule has 188 valence electrons. The molecule has 0 heterocycles. The van der Waals surface area contributed by atoms with Gasteiger partial charge in [-0.15, -0.1) is 23.2 Å². The molecule has 2 unspecified atom stereocenters. The van der Waals surface area contributed by atoms with Crippen LogP contribution in [0.4, 0.5) is 0 Å². The van der Waals surface area contributed by atoms with Gasteiger partial charge in [-0.2, -0.15) is 0 Å². The van der Waals surface area contributed by atoms with Crippen LogP contribution in [0.5, 0.6) is 0 Å². The minimum Gasteiger partial charge on any atom is -0.378 e. The highest BCUT2D eigenvalue weighted by atomic mass is 35.5. The van der Waals surface area contributed by atoms with Crippen molar-refractivity contribution < 1.29 is 9.53 Å². The van der Waals surface area contributed by atoms with Crippen molar-refractivity contribution in [3.63, 3.8) is 0 Å². The smallest absolute Gasteiger partial charge is 0.203 e. The lowest BCUT2D eigenvalue weighted by Crippen LogP contribution is -2.17. The summed E-state index contributed by atoms with van der Waals surface area (Å²) in [5.74, 6) is 0.135. The van der Waals surface area contributed by atoms with Gasteiger partial charge < -0.3 is 4.74 Å². The highest BCUT2D eigenvalue weighted by Crippen LogP contribution is 2.21. The number of hydrogen-bond acceptors (Lipinski definition) is 2. The SMILES string of the molecule is O=[C]C(CCCCCCCCCCCCCCCCCCOC1CC[CH]CC1)C(Cl)CCl. The number of rotatable bonds is 23. The molecule has 1 fully saturated rings. The lowest BCUT2D eigenvalue weighted by Gasteiger charge is -2.21. The van der Waals surface area contributed by atoms with Crippen LogP contribution in [0.25, 0.3) is 0 Å². The molecule has 2 nitrogen and oxygen atoms in total. The Balaban J connectivity index is 1.70. The predicted molar refractivity (Wildman–Crippen MR) is 141 cm³/mol. The van der Waals surface area contributed by atoms with Crippen molar-refractivity contribution in [2.75, 3.05) is 12.5 Å². The molecule has 1 rings (SSSR count). The summed E-state index contributed by atoms with van der Waals surface area (Å²) in [6, 6.07) is 0. The number of alkyl halides is 2. The second-order valence-corrected chi connectivity index (χ2v) is 10.6.